The van der Waals surface area contributed by atoms with Crippen LogP contribution in [-0.2, 0) is 27.2 Å². The van der Waals surface area contributed by atoms with Crippen molar-refractivity contribution >= 4 is 23.0 Å². The monoisotopic (exact) mass is 427 g/mol. The maximum atomic E-state index is 4.80. The maximum Gasteiger partial charge on any atom is 0.192 e. The van der Waals surface area contributed by atoms with Gasteiger partial charge in [-0.05, 0) is 31.2 Å². The lowest BCUT2D eigenvalue weighted by Gasteiger charge is -2.34. The van der Waals surface area contributed by atoms with Crippen molar-refractivity contribution < 1.29 is 0 Å². The van der Waals surface area contributed by atoms with Gasteiger partial charge >= 0.3 is 0 Å². The summed E-state index contributed by atoms with van der Waals surface area (Å²) in [5, 5.41) is 21.9. The van der Waals surface area contributed by atoms with E-state index in [1.165, 1.54) is 10.6 Å². The fraction of sp³-hybridized carbons (Fsp3) is 0.500. The zero-order valence-electron chi connectivity index (χ0n) is 17.7. The average molecular weight is 428 g/mol. The highest BCUT2D eigenvalue weighted by molar-refractivity contribution is 7.09. The molecule has 160 valence electrons. The molecule has 0 amide bonds. The summed E-state index contributed by atoms with van der Waals surface area (Å²) in [5.41, 5.74) is 1.17. The highest BCUT2D eigenvalue weighted by atomic mass is 32.1. The third-order valence-corrected chi connectivity index (χ3v) is 6.27. The van der Waals surface area contributed by atoms with Crippen LogP contribution in [-0.4, -0.2) is 49.6 Å². The molecule has 9 nitrogen and oxygen atoms in total. The number of anilines is 1. The quantitative estimate of drug-likeness (QED) is 0.461. The molecule has 3 aromatic heterocycles. The minimum absolute atomic E-state index is 0.315. The number of guanidine groups is 1. The first-order valence-electron chi connectivity index (χ1n) is 10.2. The third kappa shape index (κ3) is 4.99. The van der Waals surface area contributed by atoms with Gasteiger partial charge in [-0.25, -0.2) is 4.99 Å². The molecule has 1 fully saturated rings. The number of thiophene rings is 1. The van der Waals surface area contributed by atoms with E-state index in [-0.39, 0.29) is 0 Å². The van der Waals surface area contributed by atoms with Crippen molar-refractivity contribution in [2.45, 2.75) is 38.9 Å². The van der Waals surface area contributed by atoms with Gasteiger partial charge in [0.2, 0.25) is 0 Å². The summed E-state index contributed by atoms with van der Waals surface area (Å²) in [5.74, 6) is 2.55. The van der Waals surface area contributed by atoms with Crippen molar-refractivity contribution in [2.24, 2.45) is 19.1 Å². The second-order valence-electron chi connectivity index (χ2n) is 7.62. The summed E-state index contributed by atoms with van der Waals surface area (Å²) in [6.07, 6.45) is 6.25. The van der Waals surface area contributed by atoms with Crippen molar-refractivity contribution in [3.05, 3.63) is 46.4 Å². The van der Waals surface area contributed by atoms with Crippen molar-refractivity contribution in [1.82, 2.24) is 35.2 Å². The Morgan fingerprint density at radius 1 is 1.33 bits per heavy atom. The van der Waals surface area contributed by atoms with Gasteiger partial charge in [-0.1, -0.05) is 6.07 Å². The molecule has 0 bridgehead atoms. The van der Waals surface area contributed by atoms with Crippen LogP contribution in [0.5, 0.6) is 0 Å². The van der Waals surface area contributed by atoms with E-state index in [1.807, 2.05) is 36.5 Å². The molecular weight excluding hydrogens is 398 g/mol. The number of hydrogen-bond donors (Lipinski definition) is 2. The second-order valence-corrected chi connectivity index (χ2v) is 8.65. The maximum absolute atomic E-state index is 4.80. The van der Waals surface area contributed by atoms with Crippen LogP contribution in [0.25, 0.3) is 0 Å². The molecule has 1 unspecified atom stereocenters. The Morgan fingerprint density at radius 3 is 2.93 bits per heavy atom. The lowest BCUT2D eigenvalue weighted by molar-refractivity contribution is 0.467. The van der Waals surface area contributed by atoms with Gasteiger partial charge in [0.05, 0.1) is 18.4 Å². The minimum Gasteiger partial charge on any atom is -0.367 e. The minimum atomic E-state index is 0.315. The molecule has 1 atom stereocenters. The Labute approximate surface area is 180 Å². The Morgan fingerprint density at radius 2 is 2.23 bits per heavy atom. The molecule has 4 heterocycles. The van der Waals surface area contributed by atoms with Crippen LogP contribution in [0.4, 0.5) is 5.69 Å². The van der Waals surface area contributed by atoms with E-state index in [0.717, 1.165) is 50.1 Å². The summed E-state index contributed by atoms with van der Waals surface area (Å²) >= 11 is 1.74. The predicted octanol–water partition coefficient (Wildman–Crippen LogP) is 1.82. The van der Waals surface area contributed by atoms with Gasteiger partial charge in [0.25, 0.3) is 0 Å². The zero-order chi connectivity index (χ0) is 20.9. The summed E-state index contributed by atoms with van der Waals surface area (Å²) in [6, 6.07) is 4.52. The number of nitrogens with zero attached hydrogens (tertiary/aromatic N) is 7. The van der Waals surface area contributed by atoms with Crippen molar-refractivity contribution in [2.75, 3.05) is 18.0 Å². The van der Waals surface area contributed by atoms with E-state index < -0.39 is 0 Å². The van der Waals surface area contributed by atoms with Gasteiger partial charge in [-0.3, -0.25) is 4.68 Å². The van der Waals surface area contributed by atoms with Gasteiger partial charge in [0, 0.05) is 44.3 Å². The average Bonchev–Trinajstić information content (AvgIpc) is 3.48. The van der Waals surface area contributed by atoms with Crippen LogP contribution >= 0.6 is 11.3 Å². The predicted molar refractivity (Wildman–Crippen MR) is 120 cm³/mol. The first-order chi connectivity index (χ1) is 14.6. The first-order valence-corrected chi connectivity index (χ1v) is 11.1. The smallest absolute Gasteiger partial charge is 0.192 e. The van der Waals surface area contributed by atoms with Gasteiger partial charge < -0.3 is 20.1 Å². The van der Waals surface area contributed by atoms with Crippen molar-refractivity contribution in [3.63, 3.8) is 0 Å². The Balaban J connectivity index is 1.44. The largest absolute Gasteiger partial charge is 0.367 e. The van der Waals surface area contributed by atoms with Crippen LogP contribution in [0, 0.1) is 6.92 Å². The summed E-state index contributed by atoms with van der Waals surface area (Å²) in [7, 11) is 3.93. The fourth-order valence-corrected chi connectivity index (χ4v) is 4.21. The van der Waals surface area contributed by atoms with E-state index in [0.29, 0.717) is 12.6 Å². The van der Waals surface area contributed by atoms with Crippen LogP contribution in [0.1, 0.15) is 29.4 Å². The number of aliphatic imine (C=N–C) groups is 1. The molecule has 1 aliphatic heterocycles. The fourth-order valence-electron chi connectivity index (χ4n) is 3.57. The van der Waals surface area contributed by atoms with E-state index >= 15 is 0 Å². The molecule has 4 rings (SSSR count). The van der Waals surface area contributed by atoms with E-state index in [4.69, 9.17) is 4.99 Å². The summed E-state index contributed by atoms with van der Waals surface area (Å²) < 4.78 is 3.83. The molecule has 0 spiro atoms. The molecule has 0 aromatic carbocycles. The van der Waals surface area contributed by atoms with Crippen molar-refractivity contribution in [3.8, 4) is 0 Å². The number of nitrogens with one attached hydrogen (secondary N) is 2. The first kappa shape index (κ1) is 20.4. The van der Waals surface area contributed by atoms with Crippen LogP contribution in [0.2, 0.25) is 0 Å². The zero-order valence-corrected chi connectivity index (χ0v) is 18.6. The topological polar surface area (TPSA) is 88.2 Å². The lowest BCUT2D eigenvalue weighted by Crippen LogP contribution is -2.51. The molecule has 0 radical (unpaired) electrons. The van der Waals surface area contributed by atoms with Crippen LogP contribution in [0.3, 0.4) is 0 Å². The van der Waals surface area contributed by atoms with Gasteiger partial charge in [0.15, 0.2) is 11.8 Å². The molecule has 0 aliphatic carbocycles. The number of hydrogen-bond acceptors (Lipinski definition) is 6. The number of rotatable bonds is 6. The SMILES string of the molecule is Cc1nnc(CN=C(NCc2cccs2)NC2CCCN(c3cnn(C)c3)C2)n1C. The van der Waals surface area contributed by atoms with E-state index in [2.05, 4.69) is 54.5 Å². The molecule has 30 heavy (non-hydrogen) atoms. The highest BCUT2D eigenvalue weighted by Gasteiger charge is 2.22. The van der Waals surface area contributed by atoms with Gasteiger partial charge in [-0.15, -0.1) is 21.5 Å². The number of piperidine rings is 1. The summed E-state index contributed by atoms with van der Waals surface area (Å²) in [4.78, 5) is 8.47. The molecule has 0 saturated carbocycles. The van der Waals surface area contributed by atoms with E-state index in [1.54, 1.807) is 11.3 Å². The van der Waals surface area contributed by atoms with Crippen LogP contribution in [0.15, 0.2) is 34.9 Å². The molecule has 10 heteroatoms. The molecule has 3 aromatic rings. The molecular formula is C20H29N9S. The Bertz CT molecular complexity index is 972. The molecule has 2 N–H and O–H groups in total. The van der Waals surface area contributed by atoms with Gasteiger partial charge in [0.1, 0.15) is 12.4 Å². The third-order valence-electron chi connectivity index (χ3n) is 5.39. The molecule has 1 aliphatic rings. The second kappa shape index (κ2) is 9.29. The Hall–Kier alpha value is -2.88. The number of aryl methyl sites for hydroxylation is 2. The Kier molecular flexibility index (Phi) is 6.32. The summed E-state index contributed by atoms with van der Waals surface area (Å²) in [6.45, 7) is 5.16. The highest BCUT2D eigenvalue weighted by Crippen LogP contribution is 2.19. The number of aromatic nitrogens is 5. The molecule has 1 saturated heterocycles. The van der Waals surface area contributed by atoms with Crippen LogP contribution < -0.4 is 15.5 Å². The lowest BCUT2D eigenvalue weighted by atomic mass is 10.1. The van der Waals surface area contributed by atoms with Gasteiger partial charge in [-0.2, -0.15) is 5.10 Å². The standard InChI is InChI=1S/C20H29N9S/c1-15-25-26-19(28(15)3)12-22-20(21-11-18-7-5-9-30-18)24-16-6-4-8-29(13-16)17-10-23-27(2)14-17/h5,7,9-10,14,16H,4,6,8,11-13H2,1-3H3,(H2,21,22,24). The van der Waals surface area contributed by atoms with Crippen molar-refractivity contribution in [1.29, 1.82) is 0 Å². The normalized spacial score (nSPS) is 17.4. The van der Waals surface area contributed by atoms with E-state index in [9.17, 15) is 0 Å².